The number of carbonyl (C=O) groups is 1. The maximum absolute atomic E-state index is 13.0. The van der Waals surface area contributed by atoms with Gasteiger partial charge in [-0.2, -0.15) is 4.31 Å². The summed E-state index contributed by atoms with van der Waals surface area (Å²) in [6.45, 7) is 1.48. The number of anilines is 1. The molecule has 4 aliphatic carbocycles. The summed E-state index contributed by atoms with van der Waals surface area (Å²) < 4.78 is 32.5. The molecule has 5 aliphatic rings. The third-order valence-corrected chi connectivity index (χ3v) is 11.8. The van der Waals surface area contributed by atoms with Crippen LogP contribution in [0, 0.1) is 11.8 Å². The first kappa shape index (κ1) is 25.9. The first-order valence-electron chi connectivity index (χ1n) is 14.5. The second kappa shape index (κ2) is 9.82. The summed E-state index contributed by atoms with van der Waals surface area (Å²) in [5.74, 6) is 1.33. The van der Waals surface area contributed by atoms with E-state index >= 15 is 0 Å². The fourth-order valence-electron chi connectivity index (χ4n) is 8.55. The zero-order valence-electron chi connectivity index (χ0n) is 22.7. The van der Waals surface area contributed by atoms with Crippen LogP contribution in [0.5, 0.6) is 0 Å². The van der Waals surface area contributed by atoms with Gasteiger partial charge in [0.1, 0.15) is 0 Å². The average molecular weight is 557 g/mol. The van der Waals surface area contributed by atoms with Gasteiger partial charge in [-0.15, -0.1) is 0 Å². The Morgan fingerprint density at radius 3 is 1.95 bits per heavy atom. The monoisotopic (exact) mass is 556 g/mol. The summed E-state index contributed by atoms with van der Waals surface area (Å²) in [5, 5.41) is 3.00. The van der Waals surface area contributed by atoms with E-state index in [0.29, 0.717) is 37.3 Å². The van der Waals surface area contributed by atoms with Gasteiger partial charge in [0.05, 0.1) is 18.1 Å². The summed E-state index contributed by atoms with van der Waals surface area (Å²) in [7, 11) is -3.59. The molecule has 8 rings (SSSR count). The molecule has 40 heavy (non-hydrogen) atoms. The van der Waals surface area contributed by atoms with Crippen molar-refractivity contribution in [3.8, 4) is 0 Å². The summed E-state index contributed by atoms with van der Waals surface area (Å²) in [6, 6.07) is 25.9. The molecule has 1 saturated heterocycles. The van der Waals surface area contributed by atoms with Crippen molar-refractivity contribution >= 4 is 21.6 Å². The molecule has 1 amide bonds. The van der Waals surface area contributed by atoms with Crippen molar-refractivity contribution in [2.45, 2.75) is 54.3 Å². The van der Waals surface area contributed by atoms with E-state index in [0.717, 1.165) is 17.5 Å². The van der Waals surface area contributed by atoms with E-state index in [1.807, 2.05) is 12.1 Å². The van der Waals surface area contributed by atoms with E-state index in [1.165, 1.54) is 66.1 Å². The highest BCUT2D eigenvalue weighted by Crippen LogP contribution is 2.66. The molecule has 4 saturated carbocycles. The summed E-state index contributed by atoms with van der Waals surface area (Å²) >= 11 is 0. The van der Waals surface area contributed by atoms with Crippen molar-refractivity contribution < 1.29 is 17.9 Å². The van der Waals surface area contributed by atoms with Crippen LogP contribution in [0.4, 0.5) is 5.69 Å². The lowest BCUT2D eigenvalue weighted by atomic mass is 9.42. The Morgan fingerprint density at radius 1 is 0.775 bits per heavy atom. The molecule has 4 atom stereocenters. The fraction of sp³-hybridized carbons (Fsp3) is 0.424. The number of sulfonamides is 1. The Hall–Kier alpha value is -3.00. The van der Waals surface area contributed by atoms with Crippen molar-refractivity contribution in [2.75, 3.05) is 31.6 Å². The van der Waals surface area contributed by atoms with Crippen molar-refractivity contribution in [3.05, 3.63) is 95.6 Å². The van der Waals surface area contributed by atoms with Crippen LogP contribution in [-0.4, -0.2) is 44.9 Å². The zero-order valence-corrected chi connectivity index (χ0v) is 23.5. The van der Waals surface area contributed by atoms with Crippen molar-refractivity contribution in [1.29, 1.82) is 0 Å². The molecule has 0 spiro atoms. The lowest BCUT2D eigenvalue weighted by Crippen LogP contribution is -2.55. The second-order valence-corrected chi connectivity index (χ2v) is 14.4. The maximum Gasteiger partial charge on any atom is 0.255 e. The lowest BCUT2D eigenvalue weighted by molar-refractivity contribution is -0.0281. The largest absolute Gasteiger partial charge is 0.379 e. The number of hydrogen-bond donors (Lipinski definition) is 1. The summed E-state index contributed by atoms with van der Waals surface area (Å²) in [4.78, 5) is 13.2. The molecule has 5 fully saturated rings. The van der Waals surface area contributed by atoms with Crippen LogP contribution in [0.2, 0.25) is 0 Å². The average Bonchev–Trinajstić information content (AvgIpc) is 2.98. The second-order valence-electron chi connectivity index (χ2n) is 12.5. The van der Waals surface area contributed by atoms with Crippen LogP contribution in [0.15, 0.2) is 83.8 Å². The van der Waals surface area contributed by atoms with Crippen LogP contribution < -0.4 is 5.32 Å². The van der Waals surface area contributed by atoms with Crippen LogP contribution in [0.25, 0.3) is 0 Å². The number of rotatable bonds is 6. The van der Waals surface area contributed by atoms with Crippen LogP contribution in [-0.2, 0) is 25.6 Å². The molecule has 1 aliphatic heterocycles. The smallest absolute Gasteiger partial charge is 0.255 e. The summed E-state index contributed by atoms with van der Waals surface area (Å²) in [6.07, 6.45) is 7.75. The molecule has 208 valence electrons. The SMILES string of the molecule is O=C(Nc1ccc(C23C[C@@H]4C[C@@H](CC(c5ccccc5)(C4)C2)C3)cc1)c1ccc(S(=O)(=O)N2CCOCC2)cc1. The van der Waals surface area contributed by atoms with Gasteiger partial charge in [-0.3, -0.25) is 4.79 Å². The fourth-order valence-corrected chi connectivity index (χ4v) is 9.96. The Morgan fingerprint density at radius 2 is 1.35 bits per heavy atom. The van der Waals surface area contributed by atoms with Crippen LogP contribution in [0.3, 0.4) is 0 Å². The Labute approximate surface area is 236 Å². The van der Waals surface area contributed by atoms with Crippen molar-refractivity contribution in [2.24, 2.45) is 11.8 Å². The van der Waals surface area contributed by atoms with Gasteiger partial charge in [-0.1, -0.05) is 42.5 Å². The van der Waals surface area contributed by atoms with E-state index in [4.69, 9.17) is 4.74 Å². The van der Waals surface area contributed by atoms with E-state index < -0.39 is 10.0 Å². The number of morpholine rings is 1. The van der Waals surface area contributed by atoms with Crippen molar-refractivity contribution in [1.82, 2.24) is 4.31 Å². The third kappa shape index (κ3) is 4.48. The maximum atomic E-state index is 13.0. The standard InChI is InChI=1S/C33H36N2O4S/c36-31(26-6-12-30(13-7-26)40(37,38)35-14-16-39-17-15-35)34-29-10-8-28(9-11-29)33-21-24-18-25(22-33)20-32(19-24,23-33)27-4-2-1-3-5-27/h1-13,24-25H,14-23H2,(H,34,36)/t24-,25+,32?,33?. The highest BCUT2D eigenvalue weighted by molar-refractivity contribution is 7.89. The van der Waals surface area contributed by atoms with Gasteiger partial charge in [0.25, 0.3) is 5.91 Å². The number of ether oxygens (including phenoxy) is 1. The Balaban J connectivity index is 1.06. The van der Waals surface area contributed by atoms with Gasteiger partial charge in [-0.25, -0.2) is 8.42 Å². The molecule has 6 nitrogen and oxygen atoms in total. The zero-order chi connectivity index (χ0) is 27.4. The number of nitrogens with zero attached hydrogens (tertiary/aromatic N) is 1. The first-order valence-corrected chi connectivity index (χ1v) is 15.9. The third-order valence-electron chi connectivity index (χ3n) is 9.93. The van der Waals surface area contributed by atoms with Crippen LogP contribution >= 0.6 is 0 Å². The number of carbonyl (C=O) groups excluding carboxylic acids is 1. The molecule has 0 aromatic heterocycles. The van der Waals surface area contributed by atoms with Gasteiger partial charge in [0.2, 0.25) is 10.0 Å². The number of hydrogen-bond acceptors (Lipinski definition) is 4. The summed E-state index contributed by atoms with van der Waals surface area (Å²) in [5.41, 5.74) is 4.60. The molecule has 0 radical (unpaired) electrons. The molecular formula is C33H36N2O4S. The quantitative estimate of drug-likeness (QED) is 0.420. The van der Waals surface area contributed by atoms with Gasteiger partial charge >= 0.3 is 0 Å². The predicted octanol–water partition coefficient (Wildman–Crippen LogP) is 5.75. The topological polar surface area (TPSA) is 75.7 Å². The minimum absolute atomic E-state index is 0.194. The molecule has 7 heteroatoms. The highest BCUT2D eigenvalue weighted by atomic mass is 32.2. The molecule has 3 aromatic rings. The van der Waals surface area contributed by atoms with Gasteiger partial charge in [0, 0.05) is 24.3 Å². The van der Waals surface area contributed by atoms with E-state index in [2.05, 4.69) is 47.8 Å². The minimum Gasteiger partial charge on any atom is -0.379 e. The van der Waals surface area contributed by atoms with E-state index in [1.54, 1.807) is 12.1 Å². The number of benzene rings is 3. The normalized spacial score (nSPS) is 29.8. The van der Waals surface area contributed by atoms with E-state index in [-0.39, 0.29) is 16.2 Å². The Bertz CT molecular complexity index is 1480. The molecule has 1 heterocycles. The lowest BCUT2D eigenvalue weighted by Gasteiger charge is -2.62. The molecular weight excluding hydrogens is 520 g/mol. The highest BCUT2D eigenvalue weighted by Gasteiger charge is 2.58. The molecule has 3 aromatic carbocycles. The number of amides is 1. The minimum atomic E-state index is -3.59. The first-order chi connectivity index (χ1) is 19.4. The van der Waals surface area contributed by atoms with Crippen molar-refractivity contribution in [3.63, 3.8) is 0 Å². The predicted molar refractivity (Wildman–Crippen MR) is 155 cm³/mol. The van der Waals surface area contributed by atoms with Crippen LogP contribution in [0.1, 0.15) is 60.0 Å². The van der Waals surface area contributed by atoms with Gasteiger partial charge in [0.15, 0.2) is 0 Å². The van der Waals surface area contributed by atoms with Gasteiger partial charge < -0.3 is 10.1 Å². The van der Waals surface area contributed by atoms with Gasteiger partial charge in [-0.05, 0) is 109 Å². The van der Waals surface area contributed by atoms with E-state index in [9.17, 15) is 13.2 Å². The molecule has 2 unspecified atom stereocenters. The molecule has 1 N–H and O–H groups in total. The Kier molecular flexibility index (Phi) is 6.37. The number of nitrogens with one attached hydrogen (secondary N) is 1. The molecule has 4 bridgehead atoms.